The summed E-state index contributed by atoms with van der Waals surface area (Å²) in [6, 6.07) is 17.7. The van der Waals surface area contributed by atoms with Crippen LogP contribution in [0.4, 0.5) is 0 Å². The van der Waals surface area contributed by atoms with Gasteiger partial charge in [-0.15, -0.1) is 0 Å². The number of nitrogens with zero attached hydrogens (tertiary/aromatic N) is 4. The van der Waals surface area contributed by atoms with Crippen LogP contribution in [-0.4, -0.2) is 39.6 Å². The van der Waals surface area contributed by atoms with E-state index in [-0.39, 0.29) is 12.1 Å². The summed E-state index contributed by atoms with van der Waals surface area (Å²) in [5, 5.41) is 14.7. The molecule has 1 aliphatic heterocycles. The smallest absolute Gasteiger partial charge is 0.271 e. The Morgan fingerprint density at radius 2 is 1.82 bits per heavy atom. The summed E-state index contributed by atoms with van der Waals surface area (Å²) < 4.78 is 7.70. The van der Waals surface area contributed by atoms with Crippen LogP contribution in [0, 0.1) is 24.2 Å². The van der Waals surface area contributed by atoms with Crippen LogP contribution in [0.15, 0.2) is 71.4 Å². The molecule has 7 nitrogen and oxygen atoms in total. The monoisotopic (exact) mass is 522 g/mol. The quantitative estimate of drug-likeness (QED) is 0.244. The summed E-state index contributed by atoms with van der Waals surface area (Å²) in [5.74, 6) is 0.282. The first-order valence-corrected chi connectivity index (χ1v) is 13.3. The average Bonchev–Trinajstić information content (AvgIpc) is 3.34. The van der Waals surface area contributed by atoms with E-state index in [1.807, 2.05) is 74.6 Å². The summed E-state index contributed by atoms with van der Waals surface area (Å²) in [5.41, 5.74) is 4.86. The molecule has 0 atom stereocenters. The molecule has 3 aromatic rings. The molecule has 1 aliphatic rings. The molecule has 0 radical (unpaired) electrons. The van der Waals surface area contributed by atoms with Gasteiger partial charge >= 0.3 is 0 Å². The molecule has 0 saturated carbocycles. The normalized spacial score (nSPS) is 14.9. The maximum Gasteiger partial charge on any atom is 0.271 e. The minimum atomic E-state index is -0.529. The number of amides is 2. The highest BCUT2D eigenvalue weighted by Crippen LogP contribution is 2.33. The van der Waals surface area contributed by atoms with Crippen LogP contribution in [0.5, 0.6) is 5.75 Å². The van der Waals surface area contributed by atoms with Gasteiger partial charge in [0.15, 0.2) is 0 Å². The fourth-order valence-electron chi connectivity index (χ4n) is 4.47. The number of carbonyl (C=O) groups is 2. The maximum absolute atomic E-state index is 13.5. The molecule has 0 spiro atoms. The van der Waals surface area contributed by atoms with Gasteiger partial charge in [-0.2, -0.15) is 10.4 Å². The highest BCUT2D eigenvalue weighted by atomic mass is 16.5. The second-order valence-corrected chi connectivity index (χ2v) is 10.2. The molecule has 0 unspecified atom stereocenters. The molecule has 0 N–H and O–H groups in total. The SMILES string of the molecule is CCCCN1C(=O)C(C#N)=C(C)/C(=C\c2cn(-c3ccccc3)nc2-c2ccc(OCC(C)C)cc2C)C1=O. The summed E-state index contributed by atoms with van der Waals surface area (Å²) in [7, 11) is 0. The molecule has 0 fully saturated rings. The van der Waals surface area contributed by atoms with Crippen LogP contribution in [-0.2, 0) is 9.59 Å². The lowest BCUT2D eigenvalue weighted by atomic mass is 9.92. The van der Waals surface area contributed by atoms with Gasteiger partial charge in [0.25, 0.3) is 11.8 Å². The number of aryl methyl sites for hydroxylation is 1. The predicted octanol–water partition coefficient (Wildman–Crippen LogP) is 6.27. The van der Waals surface area contributed by atoms with E-state index in [0.717, 1.165) is 29.0 Å². The molecule has 200 valence electrons. The number of nitriles is 1. The minimum Gasteiger partial charge on any atom is -0.493 e. The third-order valence-electron chi connectivity index (χ3n) is 6.66. The molecule has 4 rings (SSSR count). The van der Waals surface area contributed by atoms with Gasteiger partial charge in [-0.25, -0.2) is 4.68 Å². The third-order valence-corrected chi connectivity index (χ3v) is 6.66. The lowest BCUT2D eigenvalue weighted by Gasteiger charge is -2.27. The van der Waals surface area contributed by atoms with Crippen molar-refractivity contribution in [1.29, 1.82) is 5.26 Å². The number of imide groups is 1. The number of ether oxygens (including phenoxy) is 1. The zero-order valence-corrected chi connectivity index (χ0v) is 23.2. The molecule has 0 aliphatic carbocycles. The highest BCUT2D eigenvalue weighted by Gasteiger charge is 2.35. The van der Waals surface area contributed by atoms with Gasteiger partial charge in [-0.05, 0) is 73.7 Å². The third kappa shape index (κ3) is 5.85. The van der Waals surface area contributed by atoms with Crippen LogP contribution in [0.25, 0.3) is 23.0 Å². The molecule has 0 bridgehead atoms. The second-order valence-electron chi connectivity index (χ2n) is 10.2. The van der Waals surface area contributed by atoms with Gasteiger partial charge < -0.3 is 4.74 Å². The van der Waals surface area contributed by atoms with Crippen LogP contribution in [0.2, 0.25) is 0 Å². The van der Waals surface area contributed by atoms with Crippen molar-refractivity contribution in [2.24, 2.45) is 5.92 Å². The topological polar surface area (TPSA) is 88.2 Å². The number of unbranched alkanes of at least 4 members (excludes halogenated alkanes) is 1. The Hall–Kier alpha value is -4.44. The molecule has 2 amide bonds. The fraction of sp³-hybridized carbons (Fsp3) is 0.312. The van der Waals surface area contributed by atoms with Gasteiger partial charge in [-0.1, -0.05) is 45.4 Å². The van der Waals surface area contributed by atoms with E-state index in [0.29, 0.717) is 41.3 Å². The number of hydrogen-bond donors (Lipinski definition) is 0. The van der Waals surface area contributed by atoms with E-state index in [2.05, 4.69) is 13.8 Å². The van der Waals surface area contributed by atoms with E-state index in [1.165, 1.54) is 4.90 Å². The van der Waals surface area contributed by atoms with Gasteiger partial charge in [0.05, 0.1) is 12.3 Å². The standard InChI is InChI=1S/C32H34N4O3/c1-6-7-15-35-31(37)28(23(5)29(18-33)32(35)38)17-24-19-36(25-11-9-8-10-12-25)34-30(24)27-14-13-26(16-22(27)4)39-20-21(2)3/h8-14,16-17,19,21H,6-7,15,20H2,1-5H3/b28-17+. The summed E-state index contributed by atoms with van der Waals surface area (Å²) >= 11 is 0. The first-order chi connectivity index (χ1) is 18.7. The second kappa shape index (κ2) is 12.0. The largest absolute Gasteiger partial charge is 0.493 e. The van der Waals surface area contributed by atoms with Crippen molar-refractivity contribution in [3.8, 4) is 28.8 Å². The van der Waals surface area contributed by atoms with E-state index in [4.69, 9.17) is 9.84 Å². The molecule has 39 heavy (non-hydrogen) atoms. The molecular weight excluding hydrogens is 488 g/mol. The Morgan fingerprint density at radius 1 is 1.08 bits per heavy atom. The summed E-state index contributed by atoms with van der Waals surface area (Å²) in [4.78, 5) is 27.6. The van der Waals surface area contributed by atoms with E-state index in [9.17, 15) is 14.9 Å². The Labute approximate surface area is 230 Å². The zero-order valence-electron chi connectivity index (χ0n) is 23.2. The highest BCUT2D eigenvalue weighted by molar-refractivity contribution is 6.19. The van der Waals surface area contributed by atoms with Crippen molar-refractivity contribution in [3.05, 3.63) is 82.6 Å². The Kier molecular flexibility index (Phi) is 8.46. The van der Waals surface area contributed by atoms with E-state index >= 15 is 0 Å². The van der Waals surface area contributed by atoms with Crippen molar-refractivity contribution in [3.63, 3.8) is 0 Å². The summed E-state index contributed by atoms with van der Waals surface area (Å²) in [6.07, 6.45) is 5.12. The zero-order chi connectivity index (χ0) is 28.1. The number of aromatic nitrogens is 2. The van der Waals surface area contributed by atoms with E-state index in [1.54, 1.807) is 17.7 Å². The fourth-order valence-corrected chi connectivity index (χ4v) is 4.47. The molecule has 2 heterocycles. The van der Waals surface area contributed by atoms with Gasteiger partial charge in [-0.3, -0.25) is 14.5 Å². The van der Waals surface area contributed by atoms with Gasteiger partial charge in [0.2, 0.25) is 0 Å². The molecular formula is C32H34N4O3. The Bertz CT molecular complexity index is 1490. The minimum absolute atomic E-state index is 0.00297. The number of rotatable bonds is 9. The van der Waals surface area contributed by atoms with Crippen molar-refractivity contribution in [1.82, 2.24) is 14.7 Å². The predicted molar refractivity (Wildman–Crippen MR) is 152 cm³/mol. The first-order valence-electron chi connectivity index (χ1n) is 13.3. The van der Waals surface area contributed by atoms with Gasteiger partial charge in [0.1, 0.15) is 23.1 Å². The number of hydrogen-bond acceptors (Lipinski definition) is 5. The molecule has 0 saturated heterocycles. The van der Waals surface area contributed by atoms with Crippen LogP contribution in [0.3, 0.4) is 0 Å². The van der Waals surface area contributed by atoms with Crippen LogP contribution >= 0.6 is 0 Å². The number of carbonyl (C=O) groups excluding carboxylic acids is 2. The Morgan fingerprint density at radius 3 is 2.46 bits per heavy atom. The van der Waals surface area contributed by atoms with Crippen LogP contribution in [0.1, 0.15) is 51.7 Å². The van der Waals surface area contributed by atoms with Gasteiger partial charge in [0, 0.05) is 29.4 Å². The number of para-hydroxylation sites is 1. The lowest BCUT2D eigenvalue weighted by Crippen LogP contribution is -2.43. The van der Waals surface area contributed by atoms with Crippen molar-refractivity contribution < 1.29 is 14.3 Å². The average molecular weight is 523 g/mol. The maximum atomic E-state index is 13.5. The molecule has 2 aromatic carbocycles. The van der Waals surface area contributed by atoms with E-state index < -0.39 is 11.8 Å². The van der Waals surface area contributed by atoms with Crippen molar-refractivity contribution in [2.45, 2.75) is 47.5 Å². The van der Waals surface area contributed by atoms with Crippen molar-refractivity contribution >= 4 is 17.9 Å². The molecule has 1 aromatic heterocycles. The Balaban J connectivity index is 1.86. The number of benzene rings is 2. The first kappa shape index (κ1) is 27.6. The van der Waals surface area contributed by atoms with Crippen molar-refractivity contribution in [2.75, 3.05) is 13.2 Å². The molecule has 7 heteroatoms. The van der Waals surface area contributed by atoms with Crippen LogP contribution < -0.4 is 4.74 Å². The summed E-state index contributed by atoms with van der Waals surface area (Å²) in [6.45, 7) is 10.8. The lowest BCUT2D eigenvalue weighted by molar-refractivity contribution is -0.140.